The second-order valence-corrected chi connectivity index (χ2v) is 5.13. The van der Waals surface area contributed by atoms with E-state index in [0.29, 0.717) is 25.8 Å². The van der Waals surface area contributed by atoms with Gasteiger partial charge in [0.1, 0.15) is 5.54 Å². The van der Waals surface area contributed by atoms with Gasteiger partial charge < -0.3 is 26.6 Å². The average molecular weight is 244 g/mol. The van der Waals surface area contributed by atoms with E-state index in [4.69, 9.17) is 26.6 Å². The largest absolute Gasteiger partial charge is 0.480 e. The topological polar surface area (TPSA) is 130 Å². The van der Waals surface area contributed by atoms with Crippen molar-refractivity contribution in [2.45, 2.75) is 37.5 Å². The first-order valence-electron chi connectivity index (χ1n) is 5.96. The molecule has 3 atom stereocenters. The van der Waals surface area contributed by atoms with Crippen molar-refractivity contribution >= 4 is 13.1 Å². The molecule has 0 amide bonds. The Hall–Kier alpha value is -0.625. The molecule has 1 fully saturated rings. The van der Waals surface area contributed by atoms with Gasteiger partial charge in [-0.05, 0) is 44.0 Å². The van der Waals surface area contributed by atoms with Gasteiger partial charge in [0.15, 0.2) is 0 Å². The minimum atomic E-state index is -1.34. The van der Waals surface area contributed by atoms with Gasteiger partial charge in [0.2, 0.25) is 0 Å². The van der Waals surface area contributed by atoms with Crippen molar-refractivity contribution in [1.29, 1.82) is 0 Å². The molecule has 0 spiro atoms. The summed E-state index contributed by atoms with van der Waals surface area (Å²) < 4.78 is 0. The number of carbonyl (C=O) groups is 1. The van der Waals surface area contributed by atoms with Gasteiger partial charge in [0.25, 0.3) is 0 Å². The second-order valence-electron chi connectivity index (χ2n) is 5.13. The fourth-order valence-electron chi connectivity index (χ4n) is 2.71. The molecule has 7 heteroatoms. The highest BCUT2D eigenvalue weighted by atomic mass is 16.4. The maximum Gasteiger partial charge on any atom is 0.451 e. The van der Waals surface area contributed by atoms with Crippen LogP contribution in [0, 0.1) is 11.8 Å². The Morgan fingerprint density at radius 1 is 1.35 bits per heavy atom. The van der Waals surface area contributed by atoms with Gasteiger partial charge in [-0.2, -0.15) is 0 Å². The summed E-state index contributed by atoms with van der Waals surface area (Å²) in [6.07, 6.45) is 2.41. The molecule has 0 saturated heterocycles. The molecular weight excluding hydrogens is 223 g/mol. The lowest BCUT2D eigenvalue weighted by molar-refractivity contribution is -0.146. The van der Waals surface area contributed by atoms with E-state index in [1.54, 1.807) is 0 Å². The molecule has 0 aromatic rings. The van der Waals surface area contributed by atoms with Crippen molar-refractivity contribution in [2.24, 2.45) is 23.3 Å². The molecule has 0 aromatic carbocycles. The number of nitrogens with two attached hydrogens (primary N) is 2. The molecule has 0 bridgehead atoms. The SMILES string of the molecule is NC[C@@H]1C[C@@H](CCB(O)O)C[C@](N)(C(=O)O)C1. The van der Waals surface area contributed by atoms with Crippen LogP contribution >= 0.6 is 0 Å². The highest BCUT2D eigenvalue weighted by molar-refractivity contribution is 6.40. The van der Waals surface area contributed by atoms with Crippen LogP contribution in [0.15, 0.2) is 0 Å². The van der Waals surface area contributed by atoms with Gasteiger partial charge in [0.05, 0.1) is 0 Å². The van der Waals surface area contributed by atoms with Crippen LogP contribution in [0.4, 0.5) is 0 Å². The third-order valence-electron chi connectivity index (χ3n) is 3.56. The summed E-state index contributed by atoms with van der Waals surface area (Å²) in [6, 6.07) is 0. The standard InChI is InChI=1S/C10H21BN2O4/c12-6-8-3-7(1-2-11(16)17)4-10(13,5-8)9(14)15/h7-8,16-17H,1-6,12-13H2,(H,14,15)/t7-,8-,10-/m1/s1. The summed E-state index contributed by atoms with van der Waals surface area (Å²) in [7, 11) is -1.34. The Morgan fingerprint density at radius 2 is 1.94 bits per heavy atom. The van der Waals surface area contributed by atoms with Crippen LogP contribution in [-0.4, -0.2) is 40.3 Å². The highest BCUT2D eigenvalue weighted by Crippen LogP contribution is 2.37. The smallest absolute Gasteiger partial charge is 0.451 e. The Balaban J connectivity index is 2.63. The fraction of sp³-hybridized carbons (Fsp3) is 0.900. The lowest BCUT2D eigenvalue weighted by Gasteiger charge is -2.39. The first-order chi connectivity index (χ1) is 7.87. The molecule has 0 aromatic heterocycles. The van der Waals surface area contributed by atoms with Gasteiger partial charge >= 0.3 is 13.1 Å². The summed E-state index contributed by atoms with van der Waals surface area (Å²) in [5, 5.41) is 26.8. The summed E-state index contributed by atoms with van der Waals surface area (Å²) in [6.45, 7) is 0.421. The van der Waals surface area contributed by atoms with Crippen LogP contribution in [0.1, 0.15) is 25.7 Å². The quantitative estimate of drug-likeness (QED) is 0.394. The molecule has 0 radical (unpaired) electrons. The second kappa shape index (κ2) is 5.81. The van der Waals surface area contributed by atoms with Gasteiger partial charge in [-0.1, -0.05) is 6.42 Å². The van der Waals surface area contributed by atoms with Crippen molar-refractivity contribution in [3.63, 3.8) is 0 Å². The van der Waals surface area contributed by atoms with E-state index < -0.39 is 18.6 Å². The number of carboxylic acids is 1. The van der Waals surface area contributed by atoms with E-state index in [-0.39, 0.29) is 18.2 Å². The zero-order valence-corrected chi connectivity index (χ0v) is 9.88. The van der Waals surface area contributed by atoms with E-state index in [2.05, 4.69) is 0 Å². The molecule has 17 heavy (non-hydrogen) atoms. The van der Waals surface area contributed by atoms with Crippen molar-refractivity contribution in [1.82, 2.24) is 0 Å². The summed E-state index contributed by atoms with van der Waals surface area (Å²) in [5.74, 6) is -0.795. The lowest BCUT2D eigenvalue weighted by atomic mass is 9.67. The highest BCUT2D eigenvalue weighted by Gasteiger charge is 2.42. The third-order valence-corrected chi connectivity index (χ3v) is 3.56. The van der Waals surface area contributed by atoms with E-state index >= 15 is 0 Å². The molecule has 1 saturated carbocycles. The number of rotatable bonds is 5. The first kappa shape index (κ1) is 14.4. The molecule has 0 heterocycles. The van der Waals surface area contributed by atoms with Crippen LogP contribution in [-0.2, 0) is 4.79 Å². The van der Waals surface area contributed by atoms with E-state index in [9.17, 15) is 4.79 Å². The van der Waals surface area contributed by atoms with Crippen LogP contribution in [0.3, 0.4) is 0 Å². The van der Waals surface area contributed by atoms with E-state index in [0.717, 1.165) is 6.42 Å². The van der Waals surface area contributed by atoms with Crippen molar-refractivity contribution in [2.75, 3.05) is 6.54 Å². The fourth-order valence-corrected chi connectivity index (χ4v) is 2.71. The van der Waals surface area contributed by atoms with Crippen molar-refractivity contribution in [3.05, 3.63) is 0 Å². The van der Waals surface area contributed by atoms with Gasteiger partial charge in [-0.3, -0.25) is 4.79 Å². The maximum absolute atomic E-state index is 11.2. The zero-order valence-electron chi connectivity index (χ0n) is 9.88. The Labute approximate surface area is 101 Å². The molecule has 1 rings (SSSR count). The molecular formula is C10H21BN2O4. The minimum Gasteiger partial charge on any atom is -0.480 e. The van der Waals surface area contributed by atoms with Crippen molar-refractivity contribution < 1.29 is 19.9 Å². The lowest BCUT2D eigenvalue weighted by Crippen LogP contribution is -2.54. The number of hydrogen-bond donors (Lipinski definition) is 5. The van der Waals surface area contributed by atoms with Gasteiger partial charge in [-0.15, -0.1) is 0 Å². The Kier molecular flexibility index (Phi) is 4.94. The third kappa shape index (κ3) is 3.95. The maximum atomic E-state index is 11.2. The molecule has 7 N–H and O–H groups in total. The molecule has 1 aliphatic rings. The summed E-state index contributed by atoms with van der Waals surface area (Å²) >= 11 is 0. The van der Waals surface area contributed by atoms with E-state index in [1.807, 2.05) is 0 Å². The van der Waals surface area contributed by atoms with Crippen LogP contribution in [0.25, 0.3) is 0 Å². The monoisotopic (exact) mass is 244 g/mol. The van der Waals surface area contributed by atoms with Crippen LogP contribution < -0.4 is 11.5 Å². The van der Waals surface area contributed by atoms with Crippen molar-refractivity contribution in [3.8, 4) is 0 Å². The summed E-state index contributed by atoms with van der Waals surface area (Å²) in [4.78, 5) is 11.2. The number of carboxylic acid groups (broad SMARTS) is 1. The Bertz CT molecular complexity index is 277. The van der Waals surface area contributed by atoms with E-state index in [1.165, 1.54) is 0 Å². The molecule has 1 aliphatic carbocycles. The molecule has 98 valence electrons. The molecule has 0 unspecified atom stereocenters. The predicted molar refractivity (Wildman–Crippen MR) is 64.1 cm³/mol. The summed E-state index contributed by atoms with van der Waals surface area (Å²) in [5.41, 5.74) is 10.3. The van der Waals surface area contributed by atoms with Crippen LogP contribution in [0.5, 0.6) is 0 Å². The zero-order chi connectivity index (χ0) is 13.1. The minimum absolute atomic E-state index is 0.0974. The van der Waals surface area contributed by atoms with Gasteiger partial charge in [0, 0.05) is 0 Å². The average Bonchev–Trinajstić information content (AvgIpc) is 2.25. The predicted octanol–water partition coefficient (Wildman–Crippen LogP) is -0.994. The number of hydrogen-bond acceptors (Lipinski definition) is 5. The normalized spacial score (nSPS) is 33.4. The molecule has 0 aliphatic heterocycles. The first-order valence-corrected chi connectivity index (χ1v) is 5.96. The Morgan fingerprint density at radius 3 is 2.41 bits per heavy atom. The number of aliphatic carboxylic acids is 1. The van der Waals surface area contributed by atoms with Crippen LogP contribution in [0.2, 0.25) is 6.32 Å². The molecule has 6 nitrogen and oxygen atoms in total. The van der Waals surface area contributed by atoms with Gasteiger partial charge in [-0.25, -0.2) is 0 Å².